The van der Waals surface area contributed by atoms with Gasteiger partial charge in [0.15, 0.2) is 0 Å². The number of allylic oxidation sites excluding steroid dienone is 1. The number of hydrogen-bond donors (Lipinski definition) is 2. The highest BCUT2D eigenvalue weighted by atomic mass is 33.1. The fourth-order valence-electron chi connectivity index (χ4n) is 1.71. The maximum absolute atomic E-state index is 12.0. The Morgan fingerprint density at radius 1 is 1.23 bits per heavy atom. The highest BCUT2D eigenvalue weighted by Gasteiger charge is 2.27. The first kappa shape index (κ1) is 25.6. The molecule has 148 valence electrons. The Balaban J connectivity index is 4.11. The highest BCUT2D eigenvalue weighted by Crippen LogP contribution is 2.40. The van der Waals surface area contributed by atoms with Crippen molar-refractivity contribution in [2.24, 2.45) is 0 Å². The summed E-state index contributed by atoms with van der Waals surface area (Å²) in [7, 11) is 3.06. The maximum Gasteiger partial charge on any atom is 0.304 e. The van der Waals surface area contributed by atoms with E-state index in [0.717, 1.165) is 22.2 Å². The van der Waals surface area contributed by atoms with E-state index in [2.05, 4.69) is 31.3 Å². The molecule has 0 radical (unpaired) electrons. The molecule has 1 unspecified atom stereocenters. The topological polar surface area (TPSA) is 90.2 Å². The third-order valence-electron chi connectivity index (χ3n) is 3.04. The van der Waals surface area contributed by atoms with Gasteiger partial charge in [-0.05, 0) is 25.5 Å². The number of carboxylic acids is 1. The fourth-order valence-corrected chi connectivity index (χ4v) is 6.25. The van der Waals surface area contributed by atoms with Crippen molar-refractivity contribution in [2.75, 3.05) is 23.8 Å². The molecule has 9 heteroatoms. The Bertz CT molecular complexity index is 509. The van der Waals surface area contributed by atoms with Gasteiger partial charge in [-0.3, -0.25) is 9.59 Å². The van der Waals surface area contributed by atoms with Gasteiger partial charge in [-0.2, -0.15) is 5.26 Å². The largest absolute Gasteiger partial charge is 0.481 e. The Morgan fingerprint density at radius 2 is 1.92 bits per heavy atom. The molecule has 0 aliphatic rings. The number of nitriles is 1. The predicted octanol–water partition coefficient (Wildman–Crippen LogP) is 4.76. The lowest BCUT2D eigenvalue weighted by atomic mass is 10.1. The van der Waals surface area contributed by atoms with Gasteiger partial charge in [-0.25, -0.2) is 0 Å². The van der Waals surface area contributed by atoms with Gasteiger partial charge in [0.2, 0.25) is 5.91 Å². The average molecular weight is 437 g/mol. The molecule has 2 N–H and O–H groups in total. The van der Waals surface area contributed by atoms with Gasteiger partial charge < -0.3 is 10.4 Å². The molecule has 0 saturated carbocycles. The quantitative estimate of drug-likeness (QED) is 0.280. The number of carbonyl (C=O) groups excluding carboxylic acids is 1. The summed E-state index contributed by atoms with van der Waals surface area (Å²) in [5.74, 6) is 1.42. The minimum atomic E-state index is -0.793. The van der Waals surface area contributed by atoms with Crippen LogP contribution in [0.4, 0.5) is 0 Å². The van der Waals surface area contributed by atoms with Crippen LogP contribution in [0.3, 0.4) is 0 Å². The first-order chi connectivity index (χ1) is 12.4. The van der Waals surface area contributed by atoms with Gasteiger partial charge in [0.05, 0.1) is 12.5 Å². The molecule has 1 amide bonds. The number of carboxylic acid groups (broad SMARTS) is 1. The van der Waals surface area contributed by atoms with Gasteiger partial charge >= 0.3 is 5.97 Å². The van der Waals surface area contributed by atoms with Crippen LogP contribution in [-0.2, 0) is 9.59 Å². The van der Waals surface area contributed by atoms with Crippen molar-refractivity contribution in [3.63, 3.8) is 0 Å². The Labute approximate surface area is 173 Å². The van der Waals surface area contributed by atoms with Crippen LogP contribution in [-0.4, -0.2) is 45.5 Å². The van der Waals surface area contributed by atoms with Gasteiger partial charge in [-0.1, -0.05) is 53.3 Å². The number of nitrogens with zero attached hydrogens (tertiary/aromatic N) is 1. The maximum atomic E-state index is 12.0. The summed E-state index contributed by atoms with van der Waals surface area (Å²) >= 11 is 3.28. The summed E-state index contributed by atoms with van der Waals surface area (Å²) in [4.78, 5) is 22.4. The molecule has 0 aliphatic carbocycles. The second kappa shape index (κ2) is 15.6. The monoisotopic (exact) mass is 436 g/mol. The van der Waals surface area contributed by atoms with Crippen LogP contribution in [0.2, 0.25) is 0 Å². The first-order valence-electron chi connectivity index (χ1n) is 8.53. The summed E-state index contributed by atoms with van der Waals surface area (Å²) in [5, 5.41) is 20.9. The zero-order valence-electron chi connectivity index (χ0n) is 15.6. The zero-order valence-corrected chi connectivity index (χ0v) is 18.8. The summed E-state index contributed by atoms with van der Waals surface area (Å²) < 4.78 is 0.538. The van der Waals surface area contributed by atoms with Gasteiger partial charge in [0.1, 0.15) is 4.75 Å². The number of rotatable bonds is 15. The standard InChI is InChI=1S/C17H28N2O3S4/c1-4-6-16(23-5-2)26-17(3,13-18)9-7-14(20)19-10-12-25-24-11-8-15(21)22/h6H,4-5,7-12H2,1-3H3,(H,19,20)(H,21,22)/b16-6+. The molecule has 5 nitrogen and oxygen atoms in total. The lowest BCUT2D eigenvalue weighted by Crippen LogP contribution is -2.28. The summed E-state index contributed by atoms with van der Waals surface area (Å²) in [5.41, 5.74) is 0. The van der Waals surface area contributed by atoms with Crippen LogP contribution in [0.25, 0.3) is 0 Å². The second-order valence-corrected chi connectivity index (χ2v) is 11.3. The van der Waals surface area contributed by atoms with Gasteiger partial charge in [0, 0.05) is 28.7 Å². The summed E-state index contributed by atoms with van der Waals surface area (Å²) in [6, 6.07) is 2.35. The van der Waals surface area contributed by atoms with E-state index in [9.17, 15) is 14.9 Å². The van der Waals surface area contributed by atoms with Crippen molar-refractivity contribution in [2.45, 2.75) is 51.2 Å². The van der Waals surface area contributed by atoms with E-state index < -0.39 is 10.7 Å². The minimum absolute atomic E-state index is 0.0487. The average Bonchev–Trinajstić information content (AvgIpc) is 2.59. The summed E-state index contributed by atoms with van der Waals surface area (Å²) in [6.45, 7) is 6.60. The second-order valence-electron chi connectivity index (χ2n) is 5.45. The lowest BCUT2D eigenvalue weighted by molar-refractivity contribution is -0.136. The van der Waals surface area contributed by atoms with E-state index in [0.29, 0.717) is 25.1 Å². The molecule has 0 spiro atoms. The molecular formula is C17H28N2O3S4. The van der Waals surface area contributed by atoms with Crippen LogP contribution < -0.4 is 5.32 Å². The molecular weight excluding hydrogens is 408 g/mol. The van der Waals surface area contributed by atoms with Crippen LogP contribution in [0, 0.1) is 11.3 Å². The van der Waals surface area contributed by atoms with Crippen LogP contribution in [0.15, 0.2) is 10.3 Å². The highest BCUT2D eigenvalue weighted by molar-refractivity contribution is 8.76. The van der Waals surface area contributed by atoms with Gasteiger partial charge in [0.25, 0.3) is 0 Å². The molecule has 0 aromatic heterocycles. The van der Waals surface area contributed by atoms with Crippen LogP contribution in [0.5, 0.6) is 0 Å². The minimum Gasteiger partial charge on any atom is -0.481 e. The zero-order chi connectivity index (χ0) is 19.8. The normalized spacial score (nSPS) is 13.7. The molecule has 0 aromatic carbocycles. The van der Waals surface area contributed by atoms with Crippen LogP contribution >= 0.6 is 45.1 Å². The molecule has 0 aromatic rings. The number of hydrogen-bond acceptors (Lipinski definition) is 7. The number of carbonyl (C=O) groups is 2. The van der Waals surface area contributed by atoms with Crippen LogP contribution in [0.1, 0.15) is 46.5 Å². The Kier molecular flexibility index (Phi) is 15.4. The third kappa shape index (κ3) is 13.7. The van der Waals surface area contributed by atoms with E-state index in [1.165, 1.54) is 10.8 Å². The predicted molar refractivity (Wildman–Crippen MR) is 118 cm³/mol. The van der Waals surface area contributed by atoms with E-state index in [-0.39, 0.29) is 12.3 Å². The van der Waals surface area contributed by atoms with Crippen molar-refractivity contribution in [1.29, 1.82) is 5.26 Å². The van der Waals surface area contributed by atoms with Crippen molar-refractivity contribution in [3.8, 4) is 6.07 Å². The van der Waals surface area contributed by atoms with E-state index >= 15 is 0 Å². The van der Waals surface area contributed by atoms with E-state index in [1.807, 2.05) is 6.92 Å². The smallest absolute Gasteiger partial charge is 0.304 e. The van der Waals surface area contributed by atoms with Gasteiger partial charge in [-0.15, -0.1) is 11.8 Å². The molecule has 0 bridgehead atoms. The number of thioether (sulfide) groups is 2. The fraction of sp³-hybridized carbons (Fsp3) is 0.706. The molecule has 0 fully saturated rings. The molecule has 0 aliphatic heterocycles. The first-order valence-corrected chi connectivity index (χ1v) is 12.8. The van der Waals surface area contributed by atoms with Crippen molar-refractivity contribution >= 4 is 57.0 Å². The lowest BCUT2D eigenvalue weighted by Gasteiger charge is -2.22. The Morgan fingerprint density at radius 3 is 2.50 bits per heavy atom. The van der Waals surface area contributed by atoms with Crippen molar-refractivity contribution < 1.29 is 14.7 Å². The number of aliphatic carboxylic acids is 1. The molecule has 0 rings (SSSR count). The Hall–Kier alpha value is -0.430. The molecule has 26 heavy (non-hydrogen) atoms. The van der Waals surface area contributed by atoms with E-state index in [4.69, 9.17) is 5.11 Å². The van der Waals surface area contributed by atoms with Crippen molar-refractivity contribution in [3.05, 3.63) is 10.3 Å². The molecule has 0 saturated heterocycles. The number of nitrogens with one attached hydrogen (secondary N) is 1. The SMILES string of the molecule is CC/C=C(\SCC)SC(C)(C#N)CCC(=O)NCCSSCCC(=O)O. The van der Waals surface area contributed by atoms with Crippen molar-refractivity contribution in [1.82, 2.24) is 5.32 Å². The third-order valence-corrected chi connectivity index (χ3v) is 7.90. The number of amides is 1. The molecule has 0 heterocycles. The summed E-state index contributed by atoms with van der Waals surface area (Å²) in [6.07, 6.45) is 4.04. The molecule has 1 atom stereocenters. The van der Waals surface area contributed by atoms with E-state index in [1.54, 1.807) is 34.3 Å².